The second kappa shape index (κ2) is 9.41. The van der Waals surface area contributed by atoms with Gasteiger partial charge in [0.15, 0.2) is 0 Å². The Morgan fingerprint density at radius 3 is 2.31 bits per heavy atom. The predicted octanol–water partition coefficient (Wildman–Crippen LogP) is 5.36. The molecule has 6 heteroatoms. The van der Waals surface area contributed by atoms with Gasteiger partial charge in [-0.1, -0.05) is 54.1 Å². The SMILES string of the molecule is Cc1nc(C)c(Cl)c(NCc2ccc(OCc3ccccc3)cc2)n1.Cl. The first-order valence-electron chi connectivity index (χ1n) is 8.12. The Balaban J connectivity index is 0.00000243. The molecule has 136 valence electrons. The minimum Gasteiger partial charge on any atom is -0.489 e. The van der Waals surface area contributed by atoms with E-state index in [1.54, 1.807) is 0 Å². The van der Waals surface area contributed by atoms with Gasteiger partial charge in [-0.05, 0) is 37.1 Å². The predicted molar refractivity (Wildman–Crippen MR) is 108 cm³/mol. The molecule has 3 aromatic rings. The van der Waals surface area contributed by atoms with Gasteiger partial charge in [-0.25, -0.2) is 9.97 Å². The van der Waals surface area contributed by atoms with Crippen LogP contribution in [0.1, 0.15) is 22.6 Å². The van der Waals surface area contributed by atoms with Crippen molar-refractivity contribution in [2.24, 2.45) is 0 Å². The quantitative estimate of drug-likeness (QED) is 0.616. The van der Waals surface area contributed by atoms with Crippen molar-refractivity contribution in [2.45, 2.75) is 27.0 Å². The van der Waals surface area contributed by atoms with Crippen molar-refractivity contribution < 1.29 is 4.74 Å². The lowest BCUT2D eigenvalue weighted by atomic mass is 10.2. The fraction of sp³-hybridized carbons (Fsp3) is 0.200. The summed E-state index contributed by atoms with van der Waals surface area (Å²) in [6.07, 6.45) is 0. The number of anilines is 1. The highest BCUT2D eigenvalue weighted by Crippen LogP contribution is 2.23. The van der Waals surface area contributed by atoms with E-state index in [4.69, 9.17) is 16.3 Å². The molecule has 0 unspecified atom stereocenters. The van der Waals surface area contributed by atoms with Gasteiger partial charge in [-0.2, -0.15) is 0 Å². The summed E-state index contributed by atoms with van der Waals surface area (Å²) in [5.74, 6) is 2.21. The van der Waals surface area contributed by atoms with Crippen LogP contribution < -0.4 is 10.1 Å². The van der Waals surface area contributed by atoms with Gasteiger partial charge in [0.05, 0.1) is 5.69 Å². The molecule has 26 heavy (non-hydrogen) atoms. The number of nitrogens with zero attached hydrogens (tertiary/aromatic N) is 2. The summed E-state index contributed by atoms with van der Waals surface area (Å²) in [5, 5.41) is 3.83. The Morgan fingerprint density at radius 1 is 0.923 bits per heavy atom. The summed E-state index contributed by atoms with van der Waals surface area (Å²) >= 11 is 6.25. The molecule has 0 saturated carbocycles. The summed E-state index contributed by atoms with van der Waals surface area (Å²) in [6.45, 7) is 4.93. The zero-order chi connectivity index (χ0) is 17.6. The van der Waals surface area contributed by atoms with Crippen LogP contribution in [0.3, 0.4) is 0 Å². The number of hydrogen-bond donors (Lipinski definition) is 1. The summed E-state index contributed by atoms with van der Waals surface area (Å²) in [4.78, 5) is 8.60. The van der Waals surface area contributed by atoms with Gasteiger partial charge in [0.1, 0.15) is 29.0 Å². The molecule has 0 radical (unpaired) electrons. The van der Waals surface area contributed by atoms with Crippen LogP contribution in [-0.4, -0.2) is 9.97 Å². The third kappa shape index (κ3) is 5.35. The van der Waals surface area contributed by atoms with E-state index in [1.807, 2.05) is 68.4 Å². The van der Waals surface area contributed by atoms with E-state index < -0.39 is 0 Å². The Morgan fingerprint density at radius 2 is 1.62 bits per heavy atom. The fourth-order valence-electron chi connectivity index (χ4n) is 2.45. The first-order valence-corrected chi connectivity index (χ1v) is 8.50. The van der Waals surface area contributed by atoms with Crippen LogP contribution in [0.25, 0.3) is 0 Å². The topological polar surface area (TPSA) is 47.0 Å². The maximum absolute atomic E-state index is 6.25. The highest BCUT2D eigenvalue weighted by molar-refractivity contribution is 6.33. The summed E-state index contributed by atoms with van der Waals surface area (Å²) in [7, 11) is 0. The lowest BCUT2D eigenvalue weighted by Gasteiger charge is -2.11. The second-order valence-corrected chi connectivity index (χ2v) is 6.17. The highest BCUT2D eigenvalue weighted by atomic mass is 35.5. The van der Waals surface area contributed by atoms with Gasteiger partial charge >= 0.3 is 0 Å². The molecule has 0 saturated heterocycles. The number of aromatic nitrogens is 2. The minimum absolute atomic E-state index is 0. The van der Waals surface area contributed by atoms with Crippen LogP contribution in [0, 0.1) is 13.8 Å². The molecular formula is C20H21Cl2N3O. The Hall–Kier alpha value is -2.30. The minimum atomic E-state index is 0. The standard InChI is InChI=1S/C20H20ClN3O.ClH/c1-14-19(21)20(24-15(2)23-14)22-12-16-8-10-18(11-9-16)25-13-17-6-4-3-5-7-17;/h3-11H,12-13H2,1-2H3,(H,22,23,24);1H. The molecule has 0 atom stereocenters. The molecule has 0 amide bonds. The van der Waals surface area contributed by atoms with Crippen molar-refractivity contribution in [2.75, 3.05) is 5.32 Å². The molecule has 0 aliphatic rings. The molecule has 1 aromatic heterocycles. The number of aryl methyl sites for hydroxylation is 2. The average molecular weight is 390 g/mol. The van der Waals surface area contributed by atoms with Gasteiger partial charge in [-0.3, -0.25) is 0 Å². The van der Waals surface area contributed by atoms with E-state index in [0.717, 1.165) is 22.6 Å². The second-order valence-electron chi connectivity index (χ2n) is 5.79. The molecule has 4 nitrogen and oxygen atoms in total. The van der Waals surface area contributed by atoms with E-state index in [2.05, 4.69) is 15.3 Å². The molecule has 0 aliphatic carbocycles. The summed E-state index contributed by atoms with van der Waals surface area (Å²) in [5.41, 5.74) is 3.05. The van der Waals surface area contributed by atoms with E-state index in [1.165, 1.54) is 0 Å². The third-order valence-corrected chi connectivity index (χ3v) is 4.21. The average Bonchev–Trinajstić information content (AvgIpc) is 2.63. The van der Waals surface area contributed by atoms with Gasteiger partial charge < -0.3 is 10.1 Å². The number of halogens is 2. The van der Waals surface area contributed by atoms with Crippen molar-refractivity contribution in [3.05, 3.63) is 82.3 Å². The van der Waals surface area contributed by atoms with Gasteiger partial charge in [-0.15, -0.1) is 12.4 Å². The largest absolute Gasteiger partial charge is 0.489 e. The van der Waals surface area contributed by atoms with E-state index in [0.29, 0.717) is 29.8 Å². The number of hydrogen-bond acceptors (Lipinski definition) is 4. The maximum atomic E-state index is 6.25. The third-order valence-electron chi connectivity index (χ3n) is 3.76. The highest BCUT2D eigenvalue weighted by Gasteiger charge is 2.07. The fourth-order valence-corrected chi connectivity index (χ4v) is 2.60. The smallest absolute Gasteiger partial charge is 0.149 e. The van der Waals surface area contributed by atoms with E-state index in [-0.39, 0.29) is 12.4 Å². The number of rotatable bonds is 6. The molecule has 0 spiro atoms. The molecule has 0 aliphatic heterocycles. The van der Waals surface area contributed by atoms with Crippen LogP contribution in [0.5, 0.6) is 5.75 Å². The molecular weight excluding hydrogens is 369 g/mol. The summed E-state index contributed by atoms with van der Waals surface area (Å²) < 4.78 is 5.80. The molecule has 3 rings (SSSR count). The molecule has 0 bridgehead atoms. The van der Waals surface area contributed by atoms with E-state index >= 15 is 0 Å². The summed E-state index contributed by atoms with van der Waals surface area (Å²) in [6, 6.07) is 18.1. The lowest BCUT2D eigenvalue weighted by molar-refractivity contribution is 0.306. The van der Waals surface area contributed by atoms with E-state index in [9.17, 15) is 0 Å². The van der Waals surface area contributed by atoms with Crippen LogP contribution in [0.4, 0.5) is 5.82 Å². The molecule has 2 aromatic carbocycles. The van der Waals surface area contributed by atoms with Crippen molar-refractivity contribution in [3.8, 4) is 5.75 Å². The van der Waals surface area contributed by atoms with Crippen molar-refractivity contribution in [1.29, 1.82) is 0 Å². The van der Waals surface area contributed by atoms with Crippen LogP contribution >= 0.6 is 24.0 Å². The first kappa shape index (κ1) is 20.0. The van der Waals surface area contributed by atoms with Crippen LogP contribution in [-0.2, 0) is 13.2 Å². The molecule has 0 fully saturated rings. The van der Waals surface area contributed by atoms with Crippen molar-refractivity contribution in [1.82, 2.24) is 9.97 Å². The molecule has 1 heterocycles. The number of ether oxygens (including phenoxy) is 1. The van der Waals surface area contributed by atoms with Crippen LogP contribution in [0.15, 0.2) is 54.6 Å². The Kier molecular flexibility index (Phi) is 7.25. The zero-order valence-corrected chi connectivity index (χ0v) is 16.3. The Bertz CT molecular complexity index is 840. The van der Waals surface area contributed by atoms with Crippen molar-refractivity contribution in [3.63, 3.8) is 0 Å². The van der Waals surface area contributed by atoms with Crippen molar-refractivity contribution >= 4 is 29.8 Å². The number of benzene rings is 2. The monoisotopic (exact) mass is 389 g/mol. The normalized spacial score (nSPS) is 10.1. The Labute approximate surface area is 165 Å². The van der Waals surface area contributed by atoms with Gasteiger partial charge in [0, 0.05) is 6.54 Å². The lowest BCUT2D eigenvalue weighted by Crippen LogP contribution is -2.05. The van der Waals surface area contributed by atoms with Gasteiger partial charge in [0.2, 0.25) is 0 Å². The maximum Gasteiger partial charge on any atom is 0.149 e. The first-order chi connectivity index (χ1) is 12.1. The van der Waals surface area contributed by atoms with Gasteiger partial charge in [0.25, 0.3) is 0 Å². The number of nitrogens with one attached hydrogen (secondary N) is 1. The zero-order valence-electron chi connectivity index (χ0n) is 14.7. The van der Waals surface area contributed by atoms with Crippen LogP contribution in [0.2, 0.25) is 5.02 Å². The molecule has 1 N–H and O–H groups in total.